The Morgan fingerprint density at radius 2 is 1.50 bits per heavy atom. The van der Waals surface area contributed by atoms with E-state index in [4.69, 9.17) is 9.47 Å². The third-order valence-electron chi connectivity index (χ3n) is 3.85. The molecule has 0 saturated carbocycles. The van der Waals surface area contributed by atoms with Crippen molar-refractivity contribution in [3.63, 3.8) is 0 Å². The molecular weight excluding hydrogens is 328 g/mol. The van der Waals surface area contributed by atoms with Crippen LogP contribution < -0.4 is 9.47 Å². The molecule has 0 unspecified atom stereocenters. The van der Waals surface area contributed by atoms with Crippen molar-refractivity contribution in [3.8, 4) is 28.9 Å². The standard InChI is InChI=1S/C21H22N2O3/c1-4-5-6-20-15(2)22-23(3)21(20)26-19-13-11-18(12-14-19)25-17-9-7-16(24)8-10-17/h5-14,24H,4H2,1-3H3. The number of hydrogen-bond donors (Lipinski definition) is 1. The number of phenolic OH excluding ortho intramolecular Hbond substituents is 1. The molecule has 0 amide bonds. The van der Waals surface area contributed by atoms with Gasteiger partial charge in [-0.25, -0.2) is 4.68 Å². The first-order chi connectivity index (χ1) is 12.6. The summed E-state index contributed by atoms with van der Waals surface area (Å²) in [6.07, 6.45) is 5.09. The highest BCUT2D eigenvalue weighted by atomic mass is 16.5. The van der Waals surface area contributed by atoms with Crippen LogP contribution in [0.2, 0.25) is 0 Å². The molecule has 26 heavy (non-hydrogen) atoms. The Hall–Kier alpha value is -3.21. The van der Waals surface area contributed by atoms with Crippen LogP contribution in [-0.2, 0) is 7.05 Å². The Balaban J connectivity index is 1.75. The summed E-state index contributed by atoms with van der Waals surface area (Å²) in [5, 5.41) is 13.8. The first kappa shape index (κ1) is 17.6. The topological polar surface area (TPSA) is 56.5 Å². The fourth-order valence-corrected chi connectivity index (χ4v) is 2.54. The van der Waals surface area contributed by atoms with E-state index in [9.17, 15) is 5.11 Å². The Labute approximate surface area is 153 Å². The summed E-state index contributed by atoms with van der Waals surface area (Å²) >= 11 is 0. The maximum absolute atomic E-state index is 9.32. The van der Waals surface area contributed by atoms with Crippen molar-refractivity contribution in [3.05, 3.63) is 65.9 Å². The molecule has 134 valence electrons. The fraction of sp³-hybridized carbons (Fsp3) is 0.190. The van der Waals surface area contributed by atoms with E-state index in [0.29, 0.717) is 23.1 Å². The van der Waals surface area contributed by atoms with Gasteiger partial charge in [-0.05, 0) is 61.9 Å². The summed E-state index contributed by atoms with van der Waals surface area (Å²) in [6.45, 7) is 4.06. The van der Waals surface area contributed by atoms with Gasteiger partial charge in [0.2, 0.25) is 5.88 Å². The van der Waals surface area contributed by atoms with E-state index >= 15 is 0 Å². The lowest BCUT2D eigenvalue weighted by atomic mass is 10.2. The summed E-state index contributed by atoms with van der Waals surface area (Å²) in [5.74, 6) is 2.97. The first-order valence-corrected chi connectivity index (χ1v) is 8.51. The van der Waals surface area contributed by atoms with Gasteiger partial charge in [-0.3, -0.25) is 0 Å². The van der Waals surface area contributed by atoms with Crippen molar-refractivity contribution in [1.82, 2.24) is 9.78 Å². The van der Waals surface area contributed by atoms with Crippen LogP contribution in [0.1, 0.15) is 24.6 Å². The molecule has 1 N–H and O–H groups in total. The summed E-state index contributed by atoms with van der Waals surface area (Å²) in [7, 11) is 1.87. The highest BCUT2D eigenvalue weighted by Gasteiger charge is 2.13. The maximum Gasteiger partial charge on any atom is 0.225 e. The number of phenols is 1. The number of aromatic hydroxyl groups is 1. The number of allylic oxidation sites excluding steroid dienone is 1. The third kappa shape index (κ3) is 4.06. The molecule has 0 aliphatic heterocycles. The van der Waals surface area contributed by atoms with E-state index in [1.54, 1.807) is 28.9 Å². The highest BCUT2D eigenvalue weighted by Crippen LogP contribution is 2.30. The molecule has 3 aromatic rings. The van der Waals surface area contributed by atoms with Gasteiger partial charge < -0.3 is 14.6 Å². The average molecular weight is 350 g/mol. The molecule has 5 heteroatoms. The molecule has 5 nitrogen and oxygen atoms in total. The zero-order chi connectivity index (χ0) is 18.5. The molecule has 0 fully saturated rings. The van der Waals surface area contributed by atoms with Crippen LogP contribution in [0.5, 0.6) is 28.9 Å². The maximum atomic E-state index is 9.32. The van der Waals surface area contributed by atoms with Crippen molar-refractivity contribution >= 4 is 6.08 Å². The molecule has 0 saturated heterocycles. The lowest BCUT2D eigenvalue weighted by molar-refractivity contribution is 0.427. The molecule has 0 atom stereocenters. The number of nitrogens with zero attached hydrogens (tertiary/aromatic N) is 2. The zero-order valence-corrected chi connectivity index (χ0v) is 15.1. The minimum absolute atomic E-state index is 0.209. The fourth-order valence-electron chi connectivity index (χ4n) is 2.54. The smallest absolute Gasteiger partial charge is 0.225 e. The molecule has 1 heterocycles. The van der Waals surface area contributed by atoms with Crippen molar-refractivity contribution in [2.24, 2.45) is 7.05 Å². The largest absolute Gasteiger partial charge is 0.508 e. The van der Waals surface area contributed by atoms with Crippen LogP contribution in [0, 0.1) is 6.92 Å². The second-order valence-corrected chi connectivity index (χ2v) is 5.91. The van der Waals surface area contributed by atoms with Gasteiger partial charge in [0.15, 0.2) is 0 Å². The van der Waals surface area contributed by atoms with Crippen molar-refractivity contribution in [2.75, 3.05) is 0 Å². The van der Waals surface area contributed by atoms with Crippen LogP contribution in [0.4, 0.5) is 0 Å². The summed E-state index contributed by atoms with van der Waals surface area (Å²) in [5.41, 5.74) is 1.92. The predicted molar refractivity (Wildman–Crippen MR) is 102 cm³/mol. The summed E-state index contributed by atoms with van der Waals surface area (Å²) in [6, 6.07) is 14.0. The van der Waals surface area contributed by atoms with Gasteiger partial charge in [-0.2, -0.15) is 5.10 Å². The first-order valence-electron chi connectivity index (χ1n) is 8.51. The van der Waals surface area contributed by atoms with Crippen molar-refractivity contribution in [1.29, 1.82) is 0 Å². The molecule has 0 bridgehead atoms. The number of ether oxygens (including phenoxy) is 2. The second-order valence-electron chi connectivity index (χ2n) is 5.91. The molecule has 0 aliphatic rings. The average Bonchev–Trinajstić information content (AvgIpc) is 2.90. The van der Waals surface area contributed by atoms with Crippen molar-refractivity contribution in [2.45, 2.75) is 20.3 Å². The summed E-state index contributed by atoms with van der Waals surface area (Å²) in [4.78, 5) is 0. The second kappa shape index (κ2) is 7.78. The predicted octanol–water partition coefficient (Wildman–Crippen LogP) is 5.44. The van der Waals surface area contributed by atoms with Crippen LogP contribution in [0.15, 0.2) is 54.6 Å². The van der Waals surface area contributed by atoms with E-state index in [0.717, 1.165) is 17.7 Å². The van der Waals surface area contributed by atoms with Gasteiger partial charge in [0.05, 0.1) is 11.3 Å². The van der Waals surface area contributed by atoms with Gasteiger partial charge in [-0.1, -0.05) is 19.1 Å². The van der Waals surface area contributed by atoms with Gasteiger partial charge >= 0.3 is 0 Å². The molecule has 0 radical (unpaired) electrons. The van der Waals surface area contributed by atoms with Gasteiger partial charge in [0.25, 0.3) is 0 Å². The monoisotopic (exact) mass is 350 g/mol. The van der Waals surface area contributed by atoms with Gasteiger partial charge in [0, 0.05) is 7.05 Å². The molecule has 3 rings (SSSR count). The van der Waals surface area contributed by atoms with Crippen LogP contribution in [0.3, 0.4) is 0 Å². The molecule has 0 aliphatic carbocycles. The Kier molecular flexibility index (Phi) is 5.27. The van der Waals surface area contributed by atoms with E-state index < -0.39 is 0 Å². The number of aryl methyl sites for hydroxylation is 2. The van der Waals surface area contributed by atoms with Crippen LogP contribution in [0.25, 0.3) is 6.08 Å². The number of hydrogen-bond acceptors (Lipinski definition) is 4. The minimum atomic E-state index is 0.209. The SMILES string of the molecule is CCC=Cc1c(C)nn(C)c1Oc1ccc(Oc2ccc(O)cc2)cc1. The highest BCUT2D eigenvalue weighted by molar-refractivity contribution is 5.58. The summed E-state index contributed by atoms with van der Waals surface area (Å²) < 4.78 is 13.5. The van der Waals surface area contributed by atoms with E-state index in [2.05, 4.69) is 18.1 Å². The van der Waals surface area contributed by atoms with Crippen molar-refractivity contribution < 1.29 is 14.6 Å². The Bertz CT molecular complexity index is 894. The van der Waals surface area contributed by atoms with Gasteiger partial charge in [-0.15, -0.1) is 0 Å². The lowest BCUT2D eigenvalue weighted by Gasteiger charge is -2.09. The molecule has 2 aromatic carbocycles. The molecule has 0 spiro atoms. The number of rotatable bonds is 6. The van der Waals surface area contributed by atoms with Crippen LogP contribution in [-0.4, -0.2) is 14.9 Å². The van der Waals surface area contributed by atoms with E-state index in [-0.39, 0.29) is 5.75 Å². The Morgan fingerprint density at radius 1 is 0.962 bits per heavy atom. The van der Waals surface area contributed by atoms with Crippen LogP contribution >= 0.6 is 0 Å². The normalized spacial score (nSPS) is 11.0. The number of aromatic nitrogens is 2. The Morgan fingerprint density at radius 3 is 2.08 bits per heavy atom. The number of benzene rings is 2. The lowest BCUT2D eigenvalue weighted by Crippen LogP contribution is -1.96. The minimum Gasteiger partial charge on any atom is -0.508 e. The molecule has 1 aromatic heterocycles. The zero-order valence-electron chi connectivity index (χ0n) is 15.1. The quantitative estimate of drug-likeness (QED) is 0.643. The third-order valence-corrected chi connectivity index (χ3v) is 3.85. The molecular formula is C21H22N2O3. The van der Waals surface area contributed by atoms with E-state index in [1.807, 2.05) is 44.3 Å². The van der Waals surface area contributed by atoms with Gasteiger partial charge in [0.1, 0.15) is 23.0 Å². The van der Waals surface area contributed by atoms with E-state index in [1.165, 1.54) is 0 Å².